The van der Waals surface area contributed by atoms with Crippen molar-refractivity contribution in [1.82, 2.24) is 0 Å². The summed E-state index contributed by atoms with van der Waals surface area (Å²) in [5.74, 6) is 6.67. The number of nitrogens with two attached hydrogens (primary N) is 1. The summed E-state index contributed by atoms with van der Waals surface area (Å²) in [6, 6.07) is 16.7. The summed E-state index contributed by atoms with van der Waals surface area (Å²) >= 11 is 0. The van der Waals surface area contributed by atoms with Gasteiger partial charge >= 0.3 is 0 Å². The lowest BCUT2D eigenvalue weighted by Gasteiger charge is -2.35. The largest absolute Gasteiger partial charge is 0.492 e. The Morgan fingerprint density at radius 3 is 2.33 bits per heavy atom. The van der Waals surface area contributed by atoms with Gasteiger partial charge in [-0.25, -0.2) is 0 Å². The molecule has 2 N–H and O–H groups in total. The zero-order valence-corrected chi connectivity index (χ0v) is 16.7. The Balaban J connectivity index is 1.88. The van der Waals surface area contributed by atoms with Gasteiger partial charge in [0, 0.05) is 23.0 Å². The highest BCUT2D eigenvalue weighted by Gasteiger charge is 2.35. The monoisotopic (exact) mass is 403 g/mol. The second-order valence-corrected chi connectivity index (χ2v) is 7.44. The molecule has 0 amide bonds. The maximum Gasteiger partial charge on any atom is 0.153 e. The molecule has 0 saturated carbocycles. The molecule has 30 heavy (non-hydrogen) atoms. The van der Waals surface area contributed by atoms with Crippen LogP contribution in [0.1, 0.15) is 39.7 Å². The molecule has 0 spiro atoms. The fraction of sp³-hybridized carbons (Fsp3) is 0.217. The van der Waals surface area contributed by atoms with Gasteiger partial charge in [-0.15, -0.1) is 9.81 Å². The van der Waals surface area contributed by atoms with Crippen molar-refractivity contribution in [3.05, 3.63) is 92.2 Å². The van der Waals surface area contributed by atoms with Crippen molar-refractivity contribution in [2.75, 3.05) is 6.61 Å². The molecule has 3 aromatic carbocycles. The number of rotatable bonds is 5. The SMILES string of the molecule is Cc1cc(C2c3ccc(ON)c(C)c3OCC2c2ccc(N=O)cc2)ccc1N=O. The summed E-state index contributed by atoms with van der Waals surface area (Å²) in [5, 5.41) is 6.07. The number of hydrogen-bond donors (Lipinski definition) is 1. The van der Waals surface area contributed by atoms with Crippen LogP contribution >= 0.6 is 0 Å². The van der Waals surface area contributed by atoms with Gasteiger partial charge in [-0.1, -0.05) is 30.3 Å². The van der Waals surface area contributed by atoms with E-state index in [1.54, 1.807) is 18.2 Å². The van der Waals surface area contributed by atoms with E-state index in [0.717, 1.165) is 33.6 Å². The molecule has 0 bridgehead atoms. The molecule has 1 aliphatic heterocycles. The van der Waals surface area contributed by atoms with E-state index in [2.05, 4.69) is 10.4 Å². The summed E-state index contributed by atoms with van der Waals surface area (Å²) in [6.45, 7) is 4.22. The van der Waals surface area contributed by atoms with Gasteiger partial charge in [-0.2, -0.15) is 5.90 Å². The van der Waals surface area contributed by atoms with Gasteiger partial charge in [0.25, 0.3) is 0 Å². The van der Waals surface area contributed by atoms with Crippen LogP contribution in [0, 0.1) is 23.7 Å². The maximum absolute atomic E-state index is 11.0. The minimum absolute atomic E-state index is 0.00307. The second kappa shape index (κ2) is 8.04. The van der Waals surface area contributed by atoms with Crippen LogP contribution in [-0.2, 0) is 0 Å². The lowest BCUT2D eigenvalue weighted by molar-refractivity contribution is 0.244. The number of benzene rings is 3. The minimum atomic E-state index is -0.0336. The van der Waals surface area contributed by atoms with Crippen LogP contribution in [0.4, 0.5) is 11.4 Å². The van der Waals surface area contributed by atoms with Gasteiger partial charge in [0.15, 0.2) is 5.75 Å². The fourth-order valence-electron chi connectivity index (χ4n) is 4.20. The highest BCUT2D eigenvalue weighted by atomic mass is 16.6. The molecule has 0 saturated heterocycles. The normalized spacial score (nSPS) is 17.6. The van der Waals surface area contributed by atoms with Crippen molar-refractivity contribution in [1.29, 1.82) is 0 Å². The molecule has 2 atom stereocenters. The quantitative estimate of drug-likeness (QED) is 0.437. The summed E-state index contributed by atoms with van der Waals surface area (Å²) in [7, 11) is 0. The van der Waals surface area contributed by atoms with Crippen LogP contribution in [-0.4, -0.2) is 6.61 Å². The number of nitrogens with zero attached hydrogens (tertiary/aromatic N) is 2. The van der Waals surface area contributed by atoms with Gasteiger partial charge in [-0.3, -0.25) is 0 Å². The summed E-state index contributed by atoms with van der Waals surface area (Å²) in [4.78, 5) is 26.8. The van der Waals surface area contributed by atoms with Crippen LogP contribution in [0.15, 0.2) is 65.0 Å². The molecule has 2 unspecified atom stereocenters. The van der Waals surface area contributed by atoms with Crippen LogP contribution < -0.4 is 15.5 Å². The molecular formula is C23H21N3O4. The third-order valence-corrected chi connectivity index (χ3v) is 5.76. The van der Waals surface area contributed by atoms with Gasteiger partial charge in [-0.05, 0) is 65.2 Å². The summed E-state index contributed by atoms with van der Waals surface area (Å²) in [5.41, 5.74) is 5.54. The molecule has 0 radical (unpaired) electrons. The van der Waals surface area contributed by atoms with Crippen LogP contribution in [0.25, 0.3) is 0 Å². The van der Waals surface area contributed by atoms with E-state index in [0.29, 0.717) is 23.7 Å². The van der Waals surface area contributed by atoms with Crippen molar-refractivity contribution >= 4 is 11.4 Å². The van der Waals surface area contributed by atoms with E-state index in [1.165, 1.54) is 0 Å². The molecule has 7 nitrogen and oxygen atoms in total. The van der Waals surface area contributed by atoms with Gasteiger partial charge < -0.3 is 9.57 Å². The predicted molar refractivity (Wildman–Crippen MR) is 115 cm³/mol. The topological polar surface area (TPSA) is 103 Å². The lowest BCUT2D eigenvalue weighted by Crippen LogP contribution is -2.26. The number of aryl methyl sites for hydroxylation is 1. The zero-order valence-electron chi connectivity index (χ0n) is 16.7. The second-order valence-electron chi connectivity index (χ2n) is 7.44. The number of nitroso groups, excluding NO2 is 2. The Morgan fingerprint density at radius 2 is 1.70 bits per heavy atom. The van der Waals surface area contributed by atoms with E-state index >= 15 is 0 Å². The first-order valence-corrected chi connectivity index (χ1v) is 9.57. The molecule has 1 heterocycles. The molecule has 7 heteroatoms. The average molecular weight is 403 g/mol. The predicted octanol–water partition coefficient (Wildman–Crippen LogP) is 5.66. The first-order chi connectivity index (χ1) is 14.6. The molecule has 0 aliphatic carbocycles. The Hall–Kier alpha value is -3.58. The molecule has 4 rings (SSSR count). The number of ether oxygens (including phenoxy) is 1. The summed E-state index contributed by atoms with van der Waals surface area (Å²) in [6.07, 6.45) is 0. The van der Waals surface area contributed by atoms with E-state index in [9.17, 15) is 9.81 Å². The van der Waals surface area contributed by atoms with E-state index in [-0.39, 0.29) is 11.8 Å². The Kier molecular flexibility index (Phi) is 5.29. The Morgan fingerprint density at radius 1 is 0.967 bits per heavy atom. The van der Waals surface area contributed by atoms with Crippen molar-refractivity contribution in [2.45, 2.75) is 25.7 Å². The number of fused-ring (bicyclic) bond motifs is 1. The molecule has 152 valence electrons. The van der Waals surface area contributed by atoms with Crippen LogP contribution in [0.5, 0.6) is 11.5 Å². The van der Waals surface area contributed by atoms with E-state index in [1.807, 2.05) is 50.2 Å². The molecule has 0 aromatic heterocycles. The first kappa shape index (κ1) is 19.7. The third kappa shape index (κ3) is 3.33. The van der Waals surface area contributed by atoms with Crippen molar-refractivity contribution in [3.8, 4) is 11.5 Å². The molecule has 1 aliphatic rings. The average Bonchev–Trinajstić information content (AvgIpc) is 2.78. The maximum atomic E-state index is 11.0. The van der Waals surface area contributed by atoms with E-state index < -0.39 is 0 Å². The van der Waals surface area contributed by atoms with Gasteiger partial charge in [0.1, 0.15) is 17.1 Å². The van der Waals surface area contributed by atoms with Crippen molar-refractivity contribution < 1.29 is 9.57 Å². The van der Waals surface area contributed by atoms with Gasteiger partial charge in [0.05, 0.1) is 6.61 Å². The highest BCUT2D eigenvalue weighted by Crippen LogP contribution is 2.49. The highest BCUT2D eigenvalue weighted by molar-refractivity contribution is 5.57. The minimum Gasteiger partial charge on any atom is -0.492 e. The Labute approximate surface area is 173 Å². The van der Waals surface area contributed by atoms with Crippen LogP contribution in [0.3, 0.4) is 0 Å². The first-order valence-electron chi connectivity index (χ1n) is 9.57. The third-order valence-electron chi connectivity index (χ3n) is 5.76. The molecule has 3 aromatic rings. The zero-order chi connectivity index (χ0) is 21.3. The fourth-order valence-corrected chi connectivity index (χ4v) is 4.20. The van der Waals surface area contributed by atoms with Crippen molar-refractivity contribution in [2.24, 2.45) is 16.3 Å². The standard InChI is InChI=1S/C23H21N3O4/c1-13-11-16(5-9-20(13)26-28)22-18-8-10-21(30-24)14(2)23(18)29-12-19(22)15-3-6-17(25-27)7-4-15/h3-11,19,22H,12,24H2,1-2H3. The Bertz CT molecular complexity index is 1110. The molecule has 0 fully saturated rings. The molecular weight excluding hydrogens is 382 g/mol. The van der Waals surface area contributed by atoms with Crippen molar-refractivity contribution in [3.63, 3.8) is 0 Å². The summed E-state index contributed by atoms with van der Waals surface area (Å²) < 4.78 is 6.16. The smallest absolute Gasteiger partial charge is 0.153 e. The number of hydrogen-bond acceptors (Lipinski definition) is 7. The van der Waals surface area contributed by atoms with Crippen LogP contribution in [0.2, 0.25) is 0 Å². The van der Waals surface area contributed by atoms with E-state index in [4.69, 9.17) is 15.5 Å². The van der Waals surface area contributed by atoms with Gasteiger partial charge in [0.2, 0.25) is 0 Å². The lowest BCUT2D eigenvalue weighted by atomic mass is 9.75.